The summed E-state index contributed by atoms with van der Waals surface area (Å²) in [4.78, 5) is 20.1. The largest absolute Gasteiger partial charge is 0.309 e. The highest BCUT2D eigenvalue weighted by Crippen LogP contribution is 2.42. The number of para-hydroxylation sites is 4. The maximum absolute atomic E-state index is 9.98. The van der Waals surface area contributed by atoms with E-state index < -0.39 is 0 Å². The van der Waals surface area contributed by atoms with Crippen LogP contribution in [0.2, 0.25) is 0 Å². The Hall–Kier alpha value is -10.7. The Kier molecular flexibility index (Phi) is 10.5. The highest BCUT2D eigenvalue weighted by Gasteiger charge is 2.23. The summed E-state index contributed by atoms with van der Waals surface area (Å²) in [6, 6.07) is 82.1. The highest BCUT2D eigenvalue weighted by atomic mass is 15.1. The van der Waals surface area contributed by atoms with Gasteiger partial charge in [-0.15, -0.1) is 0 Å². The lowest BCUT2D eigenvalue weighted by atomic mass is 9.98. The third-order valence-electron chi connectivity index (χ3n) is 13.8. The van der Waals surface area contributed by atoms with E-state index in [1.807, 2.05) is 84.9 Å². The smallest absolute Gasteiger partial charge is 0.187 e. The van der Waals surface area contributed by atoms with Gasteiger partial charge in [0.25, 0.3) is 0 Å². The molecule has 0 amide bonds. The molecular formula is C66H38N8. The summed E-state index contributed by atoms with van der Waals surface area (Å²) in [5, 5.41) is 24.1. The molecule has 13 aromatic rings. The molecule has 0 spiro atoms. The number of fused-ring (bicyclic) bond motifs is 6. The number of nitrogens with zero attached hydrogens (tertiary/aromatic N) is 8. The Labute approximate surface area is 426 Å². The van der Waals surface area contributed by atoms with Crippen LogP contribution in [0.1, 0.15) is 11.1 Å². The quantitative estimate of drug-likeness (QED) is 0.141. The van der Waals surface area contributed by atoms with Crippen LogP contribution in [0.3, 0.4) is 0 Å². The van der Waals surface area contributed by atoms with Gasteiger partial charge < -0.3 is 9.13 Å². The summed E-state index contributed by atoms with van der Waals surface area (Å²) in [6.07, 6.45) is 0. The van der Waals surface area contributed by atoms with Gasteiger partial charge in [-0.2, -0.15) is 10.5 Å². The number of rotatable bonds is 8. The van der Waals surface area contributed by atoms with Gasteiger partial charge in [0.05, 0.1) is 63.3 Å². The molecule has 74 heavy (non-hydrogen) atoms. The minimum atomic E-state index is 0.451. The van der Waals surface area contributed by atoms with Crippen LogP contribution in [0.15, 0.2) is 231 Å². The molecule has 0 saturated carbocycles. The third-order valence-corrected chi connectivity index (χ3v) is 13.8. The van der Waals surface area contributed by atoms with E-state index in [0.29, 0.717) is 34.3 Å². The summed E-state index contributed by atoms with van der Waals surface area (Å²) in [6.45, 7) is 8.00. The van der Waals surface area contributed by atoms with Gasteiger partial charge in [-0.05, 0) is 119 Å². The van der Waals surface area contributed by atoms with E-state index in [1.54, 1.807) is 0 Å². The van der Waals surface area contributed by atoms with E-state index in [4.69, 9.17) is 21.5 Å². The highest BCUT2D eigenvalue weighted by molar-refractivity contribution is 6.11. The molecule has 0 unspecified atom stereocenters. The predicted molar refractivity (Wildman–Crippen MR) is 297 cm³/mol. The number of hydrogen-bond acceptors (Lipinski definition) is 5. The van der Waals surface area contributed by atoms with Crippen LogP contribution in [0, 0.1) is 29.2 Å². The fourth-order valence-corrected chi connectivity index (χ4v) is 10.4. The van der Waals surface area contributed by atoms with E-state index >= 15 is 0 Å². The van der Waals surface area contributed by atoms with Crippen molar-refractivity contribution >= 4 is 49.3 Å². The molecule has 8 nitrogen and oxygen atoms in total. The Morgan fingerprint density at radius 3 is 1.35 bits per heavy atom. The van der Waals surface area contributed by atoms with Crippen molar-refractivity contribution in [3.8, 4) is 91.1 Å². The first-order valence-corrected chi connectivity index (χ1v) is 24.1. The molecule has 3 heterocycles. The summed E-state index contributed by atoms with van der Waals surface area (Å²) >= 11 is 0. The molecule has 342 valence electrons. The predicted octanol–water partition coefficient (Wildman–Crippen LogP) is 16.4. The molecule has 0 bridgehead atoms. The topological polar surface area (TPSA) is 100 Å². The monoisotopic (exact) mass is 942 g/mol. The fraction of sp³-hybridized carbons (Fsp3) is 0. The van der Waals surface area contributed by atoms with Crippen LogP contribution in [0.4, 0.5) is 5.69 Å². The van der Waals surface area contributed by atoms with Gasteiger partial charge in [-0.3, -0.25) is 0 Å². The minimum Gasteiger partial charge on any atom is -0.309 e. The summed E-state index contributed by atoms with van der Waals surface area (Å²) in [5.41, 5.74) is 15.4. The summed E-state index contributed by atoms with van der Waals surface area (Å²) in [5.74, 6) is 1.37. The molecule has 0 atom stereocenters. The standard InChI is InChI=1S/C66H38N8/c1-69-51-18-12-16-48(37-51)56-39-50(32-34-62(56)73-58-23-6-2-19-52(58)53-20-3-7-24-59(53)73)65-70-64(49-17-11-15-46(36-49)44-29-27-42(40-67)28-30-44)71-66(72-65)57-38-47(45-14-10-13-43(35-45)41-68)31-33-63(57)74-60-25-8-4-21-54(60)55-22-5-9-26-61(55)74/h2-39H. The van der Waals surface area contributed by atoms with Crippen molar-refractivity contribution in [1.29, 1.82) is 10.5 Å². The van der Waals surface area contributed by atoms with E-state index in [1.165, 1.54) is 0 Å². The van der Waals surface area contributed by atoms with Gasteiger partial charge in [0.1, 0.15) is 0 Å². The van der Waals surface area contributed by atoms with Crippen LogP contribution < -0.4 is 0 Å². The van der Waals surface area contributed by atoms with Crippen molar-refractivity contribution in [2.24, 2.45) is 0 Å². The molecule has 0 fully saturated rings. The Morgan fingerprint density at radius 2 is 0.770 bits per heavy atom. The van der Waals surface area contributed by atoms with Crippen LogP contribution >= 0.6 is 0 Å². The Balaban J connectivity index is 1.09. The van der Waals surface area contributed by atoms with E-state index in [9.17, 15) is 10.5 Å². The van der Waals surface area contributed by atoms with E-state index in [0.717, 1.165) is 105 Å². The average molecular weight is 943 g/mol. The zero-order chi connectivity index (χ0) is 49.7. The molecule has 0 aliphatic carbocycles. The second-order valence-electron chi connectivity index (χ2n) is 18.1. The lowest BCUT2D eigenvalue weighted by Crippen LogP contribution is -2.05. The maximum Gasteiger partial charge on any atom is 0.187 e. The molecule has 8 heteroatoms. The SMILES string of the molecule is [C-]#[N+]c1cccc(-c2cc(-c3nc(-c4cccc(-c5ccc(C#N)cc5)c4)nc(-c4cc(-c5cccc(C#N)c5)ccc4-n4c5ccccc5c5ccccc54)n3)ccc2-n2c3ccccc3c3ccccc32)c1. The lowest BCUT2D eigenvalue weighted by Gasteiger charge is -2.18. The van der Waals surface area contributed by atoms with Crippen molar-refractivity contribution in [2.75, 3.05) is 0 Å². The molecular weight excluding hydrogens is 905 g/mol. The van der Waals surface area contributed by atoms with Crippen molar-refractivity contribution in [3.63, 3.8) is 0 Å². The lowest BCUT2D eigenvalue weighted by molar-refractivity contribution is 1.06. The van der Waals surface area contributed by atoms with Crippen LogP contribution in [-0.2, 0) is 0 Å². The fourth-order valence-electron chi connectivity index (χ4n) is 10.4. The number of aromatic nitrogens is 5. The van der Waals surface area contributed by atoms with Gasteiger partial charge >= 0.3 is 0 Å². The molecule has 10 aromatic carbocycles. The zero-order valence-electron chi connectivity index (χ0n) is 39.5. The second kappa shape index (κ2) is 17.9. The van der Waals surface area contributed by atoms with E-state index in [-0.39, 0.29) is 0 Å². The van der Waals surface area contributed by atoms with Crippen LogP contribution in [0.5, 0.6) is 0 Å². The first kappa shape index (κ1) is 43.3. The number of nitriles is 2. The molecule has 0 radical (unpaired) electrons. The van der Waals surface area contributed by atoms with Crippen molar-refractivity contribution in [1.82, 2.24) is 24.1 Å². The summed E-state index contributed by atoms with van der Waals surface area (Å²) in [7, 11) is 0. The van der Waals surface area contributed by atoms with Gasteiger partial charge in [0.2, 0.25) is 0 Å². The van der Waals surface area contributed by atoms with Gasteiger partial charge in [-0.1, -0.05) is 140 Å². The molecule has 0 saturated heterocycles. The normalized spacial score (nSPS) is 11.2. The molecule has 13 rings (SSSR count). The zero-order valence-corrected chi connectivity index (χ0v) is 39.5. The first-order chi connectivity index (χ1) is 36.5. The van der Waals surface area contributed by atoms with Crippen molar-refractivity contribution in [2.45, 2.75) is 0 Å². The minimum absolute atomic E-state index is 0.451. The summed E-state index contributed by atoms with van der Waals surface area (Å²) < 4.78 is 4.59. The number of hydrogen-bond donors (Lipinski definition) is 0. The van der Waals surface area contributed by atoms with Crippen LogP contribution in [0.25, 0.3) is 127 Å². The van der Waals surface area contributed by atoms with Crippen molar-refractivity contribution < 1.29 is 0 Å². The maximum atomic E-state index is 9.98. The van der Waals surface area contributed by atoms with Gasteiger partial charge in [0.15, 0.2) is 23.2 Å². The Morgan fingerprint density at radius 1 is 0.338 bits per heavy atom. The molecule has 0 aliphatic rings. The van der Waals surface area contributed by atoms with Gasteiger partial charge in [0, 0.05) is 43.8 Å². The first-order valence-electron chi connectivity index (χ1n) is 24.1. The average Bonchev–Trinajstić information content (AvgIpc) is 3.99. The Bertz CT molecular complexity index is 4430. The molecule has 3 aromatic heterocycles. The van der Waals surface area contributed by atoms with Crippen molar-refractivity contribution in [3.05, 3.63) is 253 Å². The molecule has 0 N–H and O–H groups in total. The van der Waals surface area contributed by atoms with E-state index in [2.05, 4.69) is 172 Å². The van der Waals surface area contributed by atoms with Crippen LogP contribution in [-0.4, -0.2) is 24.1 Å². The second-order valence-corrected chi connectivity index (χ2v) is 18.1. The third kappa shape index (κ3) is 7.42. The van der Waals surface area contributed by atoms with Gasteiger partial charge in [-0.25, -0.2) is 19.8 Å². The number of benzene rings is 10. The molecule has 0 aliphatic heterocycles.